The van der Waals surface area contributed by atoms with Crippen LogP contribution in [0.3, 0.4) is 0 Å². The molecule has 0 saturated carbocycles. The third kappa shape index (κ3) is 4.41. The summed E-state index contributed by atoms with van der Waals surface area (Å²) in [5.74, 6) is 0.174. The maximum Gasteiger partial charge on any atom is 0.341 e. The summed E-state index contributed by atoms with van der Waals surface area (Å²) in [6, 6.07) is 16.1. The van der Waals surface area contributed by atoms with Gasteiger partial charge < -0.3 is 14.2 Å². The van der Waals surface area contributed by atoms with Crippen molar-refractivity contribution in [2.45, 2.75) is 16.8 Å². The Hall–Kier alpha value is -3.32. The maximum atomic E-state index is 12.6. The van der Waals surface area contributed by atoms with E-state index in [2.05, 4.69) is 4.98 Å². The Kier molecular flexibility index (Phi) is 5.48. The standard InChI is InChI=1S/C22H17NO5S/c1-14-4-7-16(8-5-14)29-21-17(3-2-10-23-21)22(25)26-12-18(24)15-6-9-19-20(11-15)28-13-27-19/h2-11H,12-13H2,1H3. The number of ether oxygens (including phenoxy) is 3. The van der Waals surface area contributed by atoms with Gasteiger partial charge in [0.15, 0.2) is 23.9 Å². The predicted molar refractivity (Wildman–Crippen MR) is 107 cm³/mol. The van der Waals surface area contributed by atoms with Crippen molar-refractivity contribution in [3.8, 4) is 11.5 Å². The van der Waals surface area contributed by atoms with Crippen LogP contribution in [0.4, 0.5) is 0 Å². The molecule has 2 aromatic carbocycles. The molecule has 0 spiro atoms. The molecule has 0 radical (unpaired) electrons. The first-order valence-corrected chi connectivity index (χ1v) is 9.71. The van der Waals surface area contributed by atoms with Crippen molar-refractivity contribution < 1.29 is 23.8 Å². The van der Waals surface area contributed by atoms with Crippen LogP contribution < -0.4 is 9.47 Å². The van der Waals surface area contributed by atoms with Gasteiger partial charge in [0.2, 0.25) is 6.79 Å². The van der Waals surface area contributed by atoms with Crippen LogP contribution in [0.15, 0.2) is 70.7 Å². The van der Waals surface area contributed by atoms with Crippen LogP contribution in [0, 0.1) is 6.92 Å². The molecule has 0 atom stereocenters. The minimum atomic E-state index is -0.596. The molecule has 146 valence electrons. The first kappa shape index (κ1) is 19.0. The van der Waals surface area contributed by atoms with E-state index in [1.165, 1.54) is 11.8 Å². The van der Waals surface area contributed by atoms with Crippen LogP contribution in [0.5, 0.6) is 11.5 Å². The second kappa shape index (κ2) is 8.36. The fourth-order valence-corrected chi connectivity index (χ4v) is 3.58. The van der Waals surface area contributed by atoms with Gasteiger partial charge in [-0.15, -0.1) is 0 Å². The summed E-state index contributed by atoms with van der Waals surface area (Å²) in [7, 11) is 0. The lowest BCUT2D eigenvalue weighted by atomic mass is 10.1. The van der Waals surface area contributed by atoms with E-state index < -0.39 is 5.97 Å². The number of hydrogen-bond donors (Lipinski definition) is 0. The number of esters is 1. The van der Waals surface area contributed by atoms with Gasteiger partial charge in [-0.3, -0.25) is 4.79 Å². The zero-order valence-electron chi connectivity index (χ0n) is 15.6. The number of nitrogens with zero attached hydrogens (tertiary/aromatic N) is 1. The summed E-state index contributed by atoms with van der Waals surface area (Å²) in [5, 5.41) is 0.525. The molecule has 7 heteroatoms. The number of hydrogen-bond acceptors (Lipinski definition) is 7. The van der Waals surface area contributed by atoms with Gasteiger partial charge >= 0.3 is 5.97 Å². The minimum absolute atomic E-state index is 0.129. The first-order valence-electron chi connectivity index (χ1n) is 8.89. The van der Waals surface area contributed by atoms with Gasteiger partial charge in [-0.2, -0.15) is 0 Å². The van der Waals surface area contributed by atoms with E-state index in [1.807, 2.05) is 31.2 Å². The number of ketones is 1. The highest BCUT2D eigenvalue weighted by molar-refractivity contribution is 7.99. The highest BCUT2D eigenvalue weighted by Crippen LogP contribution is 2.33. The number of aromatic nitrogens is 1. The Morgan fingerprint density at radius 3 is 2.69 bits per heavy atom. The van der Waals surface area contributed by atoms with E-state index in [4.69, 9.17) is 14.2 Å². The van der Waals surface area contributed by atoms with Crippen molar-refractivity contribution in [3.63, 3.8) is 0 Å². The van der Waals surface area contributed by atoms with Crippen LogP contribution in [-0.2, 0) is 4.74 Å². The van der Waals surface area contributed by atoms with Crippen molar-refractivity contribution in [2.24, 2.45) is 0 Å². The van der Waals surface area contributed by atoms with E-state index >= 15 is 0 Å². The second-order valence-electron chi connectivity index (χ2n) is 6.34. The fraction of sp³-hybridized carbons (Fsp3) is 0.136. The van der Waals surface area contributed by atoms with Crippen LogP contribution in [0.1, 0.15) is 26.3 Å². The number of Topliss-reactive ketones (excluding diaryl/α,β-unsaturated/α-hetero) is 1. The lowest BCUT2D eigenvalue weighted by molar-refractivity contribution is 0.0470. The molecule has 29 heavy (non-hydrogen) atoms. The van der Waals surface area contributed by atoms with Gasteiger partial charge in [0.1, 0.15) is 5.03 Å². The van der Waals surface area contributed by atoms with Crippen molar-refractivity contribution in [3.05, 3.63) is 77.5 Å². The largest absolute Gasteiger partial charge is 0.454 e. The monoisotopic (exact) mass is 407 g/mol. The highest BCUT2D eigenvalue weighted by atomic mass is 32.2. The van der Waals surface area contributed by atoms with Crippen LogP contribution >= 0.6 is 11.8 Å². The minimum Gasteiger partial charge on any atom is -0.454 e. The molecule has 1 aliphatic rings. The molecule has 0 saturated heterocycles. The van der Waals surface area contributed by atoms with Gasteiger partial charge in [0.25, 0.3) is 0 Å². The van der Waals surface area contributed by atoms with Gasteiger partial charge in [-0.05, 0) is 49.4 Å². The number of carbonyl (C=O) groups excluding carboxylic acids is 2. The van der Waals surface area contributed by atoms with Gasteiger partial charge in [-0.1, -0.05) is 29.5 Å². The molecule has 1 aliphatic heterocycles. The van der Waals surface area contributed by atoms with Gasteiger partial charge in [0, 0.05) is 16.7 Å². The van der Waals surface area contributed by atoms with E-state index in [9.17, 15) is 9.59 Å². The first-order chi connectivity index (χ1) is 14.1. The summed E-state index contributed by atoms with van der Waals surface area (Å²) < 4.78 is 15.7. The van der Waals surface area contributed by atoms with Crippen molar-refractivity contribution in [2.75, 3.05) is 13.4 Å². The Morgan fingerprint density at radius 2 is 1.86 bits per heavy atom. The summed E-state index contributed by atoms with van der Waals surface area (Å²) >= 11 is 1.37. The molecule has 0 bridgehead atoms. The lowest BCUT2D eigenvalue weighted by Crippen LogP contribution is -2.15. The van der Waals surface area contributed by atoms with E-state index in [-0.39, 0.29) is 19.2 Å². The average Bonchev–Trinajstić information content (AvgIpc) is 3.21. The summed E-state index contributed by atoms with van der Waals surface area (Å²) in [5.41, 5.74) is 1.86. The summed E-state index contributed by atoms with van der Waals surface area (Å²) in [6.07, 6.45) is 1.62. The second-order valence-corrected chi connectivity index (χ2v) is 7.40. The molecule has 3 aromatic rings. The van der Waals surface area contributed by atoms with Crippen LogP contribution in [-0.4, -0.2) is 30.1 Å². The van der Waals surface area contributed by atoms with Crippen molar-refractivity contribution in [1.29, 1.82) is 0 Å². The number of rotatable bonds is 6. The third-order valence-corrected chi connectivity index (χ3v) is 5.28. The van der Waals surface area contributed by atoms with Crippen LogP contribution in [0.25, 0.3) is 0 Å². The van der Waals surface area contributed by atoms with Crippen LogP contribution in [0.2, 0.25) is 0 Å². The van der Waals surface area contributed by atoms with Crippen molar-refractivity contribution >= 4 is 23.5 Å². The molecular weight excluding hydrogens is 390 g/mol. The number of benzene rings is 2. The van der Waals surface area contributed by atoms with E-state index in [0.29, 0.717) is 27.7 Å². The molecule has 1 aromatic heterocycles. The van der Waals surface area contributed by atoms with Gasteiger partial charge in [0.05, 0.1) is 5.56 Å². The molecule has 4 rings (SSSR count). The summed E-state index contributed by atoms with van der Waals surface area (Å²) in [4.78, 5) is 30.2. The molecule has 0 unspecified atom stereocenters. The smallest absolute Gasteiger partial charge is 0.341 e. The Labute approximate surface area is 171 Å². The number of aryl methyl sites for hydroxylation is 1. The third-order valence-electron chi connectivity index (χ3n) is 4.26. The number of pyridine rings is 1. The lowest BCUT2D eigenvalue weighted by Gasteiger charge is -2.09. The molecule has 6 nitrogen and oxygen atoms in total. The van der Waals surface area contributed by atoms with Gasteiger partial charge in [-0.25, -0.2) is 9.78 Å². The Bertz CT molecular complexity index is 1070. The highest BCUT2D eigenvalue weighted by Gasteiger charge is 2.19. The molecule has 0 N–H and O–H groups in total. The number of carbonyl (C=O) groups is 2. The normalized spacial score (nSPS) is 11.9. The van der Waals surface area contributed by atoms with E-state index in [0.717, 1.165) is 10.5 Å². The zero-order valence-corrected chi connectivity index (χ0v) is 16.4. The van der Waals surface area contributed by atoms with E-state index in [1.54, 1.807) is 36.5 Å². The quantitative estimate of drug-likeness (QED) is 0.445. The SMILES string of the molecule is Cc1ccc(Sc2ncccc2C(=O)OCC(=O)c2ccc3c(c2)OCO3)cc1. The van der Waals surface area contributed by atoms with Crippen molar-refractivity contribution in [1.82, 2.24) is 4.98 Å². The Morgan fingerprint density at radius 1 is 1.07 bits per heavy atom. The maximum absolute atomic E-state index is 12.6. The number of fused-ring (bicyclic) bond motifs is 1. The predicted octanol–water partition coefficient (Wildman–Crippen LogP) is 4.31. The molecular formula is C22H17NO5S. The molecule has 2 heterocycles. The topological polar surface area (TPSA) is 74.7 Å². The summed E-state index contributed by atoms with van der Waals surface area (Å²) in [6.45, 7) is 1.77. The fourth-order valence-electron chi connectivity index (χ4n) is 2.71. The average molecular weight is 407 g/mol. The Balaban J connectivity index is 1.43. The zero-order chi connectivity index (χ0) is 20.2. The molecule has 0 amide bonds. The molecule has 0 fully saturated rings. The molecule has 0 aliphatic carbocycles.